The van der Waals surface area contributed by atoms with Crippen molar-refractivity contribution >= 4 is 11.6 Å². The van der Waals surface area contributed by atoms with Gasteiger partial charge < -0.3 is 11.1 Å². The van der Waals surface area contributed by atoms with Gasteiger partial charge >= 0.3 is 0 Å². The number of anilines is 1. The minimum Gasteiger partial charge on any atom is -0.399 e. The van der Waals surface area contributed by atoms with E-state index in [1.54, 1.807) is 16.9 Å². The average molecular weight is 256 g/mol. The summed E-state index contributed by atoms with van der Waals surface area (Å²) in [5.41, 5.74) is 7.70. The first-order valence-corrected chi connectivity index (χ1v) is 6.45. The number of nitrogens with zero attached hydrogens (tertiary/aromatic N) is 2. The van der Waals surface area contributed by atoms with E-state index in [0.29, 0.717) is 17.4 Å². The van der Waals surface area contributed by atoms with Crippen LogP contribution in [-0.2, 0) is 0 Å². The fraction of sp³-hybridized carbons (Fsp3) is 0.286. The summed E-state index contributed by atoms with van der Waals surface area (Å²) in [5, 5.41) is 7.25. The molecule has 0 aliphatic heterocycles. The van der Waals surface area contributed by atoms with Crippen molar-refractivity contribution in [2.24, 2.45) is 0 Å². The van der Waals surface area contributed by atoms with Crippen LogP contribution < -0.4 is 11.1 Å². The standard InChI is InChI=1S/C14H16N4O/c15-10-3-1-6-12(9-10)18-8-7-13(17-18)14(19)16-11-4-2-5-11/h1,3,6-9,11H,2,4-5,15H2,(H,16,19). The van der Waals surface area contributed by atoms with E-state index in [1.807, 2.05) is 24.3 Å². The minimum absolute atomic E-state index is 0.104. The van der Waals surface area contributed by atoms with Crippen LogP contribution in [0.1, 0.15) is 29.8 Å². The van der Waals surface area contributed by atoms with Crippen molar-refractivity contribution in [2.75, 3.05) is 5.73 Å². The molecule has 1 aliphatic carbocycles. The van der Waals surface area contributed by atoms with Crippen LogP contribution in [0.4, 0.5) is 5.69 Å². The Morgan fingerprint density at radius 3 is 2.89 bits per heavy atom. The normalized spacial score (nSPS) is 14.9. The van der Waals surface area contributed by atoms with Crippen molar-refractivity contribution in [3.63, 3.8) is 0 Å². The summed E-state index contributed by atoms with van der Waals surface area (Å²) in [6, 6.07) is 9.44. The van der Waals surface area contributed by atoms with Gasteiger partial charge in [0.1, 0.15) is 0 Å². The molecule has 0 bridgehead atoms. The highest BCUT2D eigenvalue weighted by Crippen LogP contribution is 2.18. The molecule has 1 aliphatic rings. The van der Waals surface area contributed by atoms with E-state index >= 15 is 0 Å². The van der Waals surface area contributed by atoms with E-state index in [1.165, 1.54) is 6.42 Å². The number of aromatic nitrogens is 2. The van der Waals surface area contributed by atoms with Crippen molar-refractivity contribution in [3.8, 4) is 5.69 Å². The lowest BCUT2D eigenvalue weighted by atomic mass is 9.93. The molecular weight excluding hydrogens is 240 g/mol. The Balaban J connectivity index is 1.77. The first-order valence-electron chi connectivity index (χ1n) is 6.45. The lowest BCUT2D eigenvalue weighted by Gasteiger charge is -2.25. The summed E-state index contributed by atoms with van der Waals surface area (Å²) < 4.78 is 1.66. The fourth-order valence-corrected chi connectivity index (χ4v) is 2.07. The highest BCUT2D eigenvalue weighted by Gasteiger charge is 2.21. The number of amides is 1. The number of hydrogen-bond acceptors (Lipinski definition) is 3. The summed E-state index contributed by atoms with van der Waals surface area (Å²) in [7, 11) is 0. The van der Waals surface area contributed by atoms with Gasteiger partial charge in [-0.3, -0.25) is 4.79 Å². The van der Waals surface area contributed by atoms with Crippen LogP contribution >= 0.6 is 0 Å². The molecule has 0 spiro atoms. The first-order chi connectivity index (χ1) is 9.22. The van der Waals surface area contributed by atoms with Gasteiger partial charge in [0.05, 0.1) is 5.69 Å². The van der Waals surface area contributed by atoms with Gasteiger partial charge in [-0.2, -0.15) is 5.10 Å². The molecule has 1 aromatic heterocycles. The number of benzene rings is 1. The second kappa shape index (κ2) is 4.76. The number of carbonyl (C=O) groups excluding carboxylic acids is 1. The Morgan fingerprint density at radius 1 is 1.37 bits per heavy atom. The first kappa shape index (κ1) is 11.8. The fourth-order valence-electron chi connectivity index (χ4n) is 2.07. The molecule has 5 nitrogen and oxygen atoms in total. The second-order valence-electron chi connectivity index (χ2n) is 4.84. The molecule has 98 valence electrons. The summed E-state index contributed by atoms with van der Waals surface area (Å²) in [6.45, 7) is 0. The minimum atomic E-state index is -0.104. The molecular formula is C14H16N4O. The number of nitrogens with one attached hydrogen (secondary N) is 1. The van der Waals surface area contributed by atoms with Crippen LogP contribution in [0, 0.1) is 0 Å². The van der Waals surface area contributed by atoms with Gasteiger partial charge in [0.25, 0.3) is 5.91 Å². The van der Waals surface area contributed by atoms with Crippen LogP contribution in [0.2, 0.25) is 0 Å². The third kappa shape index (κ3) is 2.45. The molecule has 1 amide bonds. The Morgan fingerprint density at radius 2 is 2.21 bits per heavy atom. The molecule has 0 saturated heterocycles. The van der Waals surface area contributed by atoms with Crippen LogP contribution in [-0.4, -0.2) is 21.7 Å². The third-order valence-corrected chi connectivity index (χ3v) is 3.40. The number of nitrogens with two attached hydrogens (primary N) is 1. The number of nitrogen functional groups attached to an aromatic ring is 1. The predicted molar refractivity (Wildman–Crippen MR) is 73.1 cm³/mol. The van der Waals surface area contributed by atoms with Gasteiger partial charge in [0.15, 0.2) is 5.69 Å². The second-order valence-corrected chi connectivity index (χ2v) is 4.84. The lowest BCUT2D eigenvalue weighted by molar-refractivity contribution is 0.0911. The zero-order valence-corrected chi connectivity index (χ0v) is 10.5. The van der Waals surface area contributed by atoms with Gasteiger partial charge in [-0.1, -0.05) is 6.07 Å². The highest BCUT2D eigenvalue weighted by atomic mass is 16.2. The Hall–Kier alpha value is -2.30. The molecule has 19 heavy (non-hydrogen) atoms. The Bertz CT molecular complexity index is 601. The summed E-state index contributed by atoms with van der Waals surface area (Å²) >= 11 is 0. The number of carbonyl (C=O) groups is 1. The molecule has 0 radical (unpaired) electrons. The SMILES string of the molecule is Nc1cccc(-n2ccc(C(=O)NC3CCC3)n2)c1. The summed E-state index contributed by atoms with van der Waals surface area (Å²) in [4.78, 5) is 11.9. The molecule has 3 rings (SSSR count). The molecule has 0 atom stereocenters. The maximum Gasteiger partial charge on any atom is 0.272 e. The topological polar surface area (TPSA) is 72.9 Å². The summed E-state index contributed by atoms with van der Waals surface area (Å²) in [5.74, 6) is -0.104. The largest absolute Gasteiger partial charge is 0.399 e. The lowest BCUT2D eigenvalue weighted by Crippen LogP contribution is -2.39. The van der Waals surface area contributed by atoms with Crippen molar-refractivity contribution in [2.45, 2.75) is 25.3 Å². The van der Waals surface area contributed by atoms with Crippen LogP contribution in [0.25, 0.3) is 5.69 Å². The Labute approximate surface area is 111 Å². The number of rotatable bonds is 3. The molecule has 1 heterocycles. The highest BCUT2D eigenvalue weighted by molar-refractivity contribution is 5.92. The van der Waals surface area contributed by atoms with Gasteiger partial charge in [-0.25, -0.2) is 4.68 Å². The van der Waals surface area contributed by atoms with Gasteiger partial charge in [0.2, 0.25) is 0 Å². The van der Waals surface area contributed by atoms with Crippen molar-refractivity contribution in [3.05, 3.63) is 42.2 Å². The number of hydrogen-bond donors (Lipinski definition) is 2. The molecule has 5 heteroatoms. The summed E-state index contributed by atoms with van der Waals surface area (Å²) in [6.07, 6.45) is 5.11. The molecule has 1 aromatic carbocycles. The predicted octanol–water partition coefficient (Wildman–Crippen LogP) is 1.74. The van der Waals surface area contributed by atoms with E-state index in [4.69, 9.17) is 5.73 Å². The van der Waals surface area contributed by atoms with Crippen molar-refractivity contribution in [1.82, 2.24) is 15.1 Å². The van der Waals surface area contributed by atoms with E-state index in [2.05, 4.69) is 10.4 Å². The van der Waals surface area contributed by atoms with E-state index in [0.717, 1.165) is 18.5 Å². The smallest absolute Gasteiger partial charge is 0.272 e. The van der Waals surface area contributed by atoms with Crippen molar-refractivity contribution in [1.29, 1.82) is 0 Å². The van der Waals surface area contributed by atoms with Crippen LogP contribution in [0.15, 0.2) is 36.5 Å². The quantitative estimate of drug-likeness (QED) is 0.821. The van der Waals surface area contributed by atoms with E-state index in [-0.39, 0.29) is 5.91 Å². The molecule has 3 N–H and O–H groups in total. The molecule has 2 aromatic rings. The Kier molecular flexibility index (Phi) is 2.95. The maximum atomic E-state index is 11.9. The zero-order valence-electron chi connectivity index (χ0n) is 10.5. The van der Waals surface area contributed by atoms with Gasteiger partial charge in [-0.05, 0) is 43.5 Å². The van der Waals surface area contributed by atoms with Crippen LogP contribution in [0.3, 0.4) is 0 Å². The molecule has 1 fully saturated rings. The van der Waals surface area contributed by atoms with Crippen LogP contribution in [0.5, 0.6) is 0 Å². The monoisotopic (exact) mass is 256 g/mol. The third-order valence-electron chi connectivity index (χ3n) is 3.40. The average Bonchev–Trinajstić information content (AvgIpc) is 2.83. The molecule has 1 saturated carbocycles. The maximum absolute atomic E-state index is 11.9. The zero-order chi connectivity index (χ0) is 13.2. The van der Waals surface area contributed by atoms with Gasteiger partial charge in [-0.15, -0.1) is 0 Å². The van der Waals surface area contributed by atoms with Gasteiger partial charge in [0, 0.05) is 17.9 Å². The van der Waals surface area contributed by atoms with E-state index in [9.17, 15) is 4.79 Å². The van der Waals surface area contributed by atoms with Crippen molar-refractivity contribution < 1.29 is 4.79 Å². The van der Waals surface area contributed by atoms with E-state index < -0.39 is 0 Å². The molecule has 0 unspecified atom stereocenters.